The van der Waals surface area contributed by atoms with Crippen LogP contribution in [0, 0.1) is 28.6 Å². The van der Waals surface area contributed by atoms with Gasteiger partial charge in [-0.2, -0.15) is 0 Å². The van der Waals surface area contributed by atoms with Crippen LogP contribution in [0.4, 0.5) is 4.39 Å². The Labute approximate surface area is 133 Å². The van der Waals surface area contributed by atoms with E-state index in [1.54, 1.807) is 0 Å². The highest BCUT2D eigenvalue weighted by Gasteiger charge is 2.60. The van der Waals surface area contributed by atoms with Crippen LogP contribution in [0.1, 0.15) is 58.8 Å². The van der Waals surface area contributed by atoms with Gasteiger partial charge in [-0.25, -0.2) is 4.39 Å². The number of aliphatic hydroxyl groups excluding tert-OH is 1. The second kappa shape index (κ2) is 4.80. The number of aliphatic hydroxyl groups is 1. The predicted octanol–water partition coefficient (Wildman–Crippen LogP) is 3.59. The lowest BCUT2D eigenvalue weighted by Crippen LogP contribution is -2.53. The number of fused-ring (bicyclic) bond motifs is 5. The fourth-order valence-corrected chi connectivity index (χ4v) is 6.72. The average Bonchev–Trinajstić information content (AvgIpc) is 2.72. The lowest BCUT2D eigenvalue weighted by Gasteiger charge is -2.58. The lowest BCUT2D eigenvalue weighted by molar-refractivity contribution is -0.0454. The Bertz CT molecular complexity index is 506. The molecule has 0 aliphatic heterocycles. The first-order chi connectivity index (χ1) is 10.4. The van der Waals surface area contributed by atoms with E-state index >= 15 is 0 Å². The molecule has 0 aromatic carbocycles. The van der Waals surface area contributed by atoms with Gasteiger partial charge in [-0.15, -0.1) is 0 Å². The molecule has 0 aromatic rings. The van der Waals surface area contributed by atoms with Crippen LogP contribution in [-0.4, -0.2) is 23.4 Å². The standard InChI is InChI=1S/C19H30FNO/c1-18-7-5-12(22)9-11(18)3-4-13-14(18)6-8-19(2)15(13)10-16(20)17(19)21/h9,12-17,22H,3-8,10,21H2,1-2H3/t12-,13+,14-,15-,16-,17-,18-,19-/m0/s1. The van der Waals surface area contributed by atoms with Crippen LogP contribution in [0.2, 0.25) is 0 Å². The molecule has 22 heavy (non-hydrogen) atoms. The third-order valence-corrected chi connectivity index (χ3v) is 8.16. The van der Waals surface area contributed by atoms with E-state index in [0.717, 1.165) is 25.7 Å². The molecular weight excluding hydrogens is 277 g/mol. The van der Waals surface area contributed by atoms with Gasteiger partial charge in [0.25, 0.3) is 0 Å². The zero-order valence-electron chi connectivity index (χ0n) is 13.9. The zero-order chi connectivity index (χ0) is 15.7. The van der Waals surface area contributed by atoms with Crippen LogP contribution in [0.15, 0.2) is 11.6 Å². The molecule has 4 aliphatic carbocycles. The second-order valence-corrected chi connectivity index (χ2v) is 8.95. The van der Waals surface area contributed by atoms with Gasteiger partial charge in [0.15, 0.2) is 0 Å². The summed E-state index contributed by atoms with van der Waals surface area (Å²) < 4.78 is 14.3. The van der Waals surface area contributed by atoms with Gasteiger partial charge >= 0.3 is 0 Å². The monoisotopic (exact) mass is 307 g/mol. The van der Waals surface area contributed by atoms with Gasteiger partial charge in [-0.3, -0.25) is 0 Å². The Morgan fingerprint density at radius 2 is 1.95 bits per heavy atom. The molecule has 4 aliphatic rings. The molecule has 0 spiro atoms. The van der Waals surface area contributed by atoms with Crippen LogP contribution < -0.4 is 5.73 Å². The summed E-state index contributed by atoms with van der Waals surface area (Å²) in [6, 6.07) is -0.267. The van der Waals surface area contributed by atoms with Gasteiger partial charge in [-0.05, 0) is 73.5 Å². The highest BCUT2D eigenvalue weighted by molar-refractivity contribution is 5.25. The third kappa shape index (κ3) is 1.84. The van der Waals surface area contributed by atoms with Crippen molar-refractivity contribution in [1.82, 2.24) is 0 Å². The Morgan fingerprint density at radius 3 is 2.73 bits per heavy atom. The number of hydrogen-bond acceptors (Lipinski definition) is 2. The predicted molar refractivity (Wildman–Crippen MR) is 86.0 cm³/mol. The van der Waals surface area contributed by atoms with Crippen LogP contribution >= 0.6 is 0 Å². The van der Waals surface area contributed by atoms with Gasteiger partial charge in [0.2, 0.25) is 0 Å². The minimum Gasteiger partial charge on any atom is -0.389 e. The minimum absolute atomic E-state index is 0.00629. The van der Waals surface area contributed by atoms with Crippen molar-refractivity contribution in [2.45, 2.75) is 77.1 Å². The van der Waals surface area contributed by atoms with Crippen molar-refractivity contribution in [3.05, 3.63) is 11.6 Å². The number of nitrogens with two attached hydrogens (primary N) is 1. The maximum Gasteiger partial charge on any atom is 0.116 e. The molecule has 8 atom stereocenters. The Balaban J connectivity index is 1.68. The van der Waals surface area contributed by atoms with Crippen molar-refractivity contribution in [2.75, 3.05) is 0 Å². The number of hydrogen-bond donors (Lipinski definition) is 2. The molecule has 0 saturated heterocycles. The largest absolute Gasteiger partial charge is 0.389 e. The number of halogens is 1. The van der Waals surface area contributed by atoms with Crippen molar-refractivity contribution < 1.29 is 9.50 Å². The summed E-state index contributed by atoms with van der Waals surface area (Å²) in [5, 5.41) is 9.98. The van der Waals surface area contributed by atoms with Crippen molar-refractivity contribution in [3.63, 3.8) is 0 Å². The van der Waals surface area contributed by atoms with E-state index in [0.29, 0.717) is 24.2 Å². The molecule has 0 unspecified atom stereocenters. The highest BCUT2D eigenvalue weighted by atomic mass is 19.1. The molecule has 3 N–H and O–H groups in total. The van der Waals surface area contributed by atoms with Gasteiger partial charge in [0, 0.05) is 6.04 Å². The van der Waals surface area contributed by atoms with E-state index in [9.17, 15) is 9.50 Å². The molecule has 0 radical (unpaired) electrons. The quantitative estimate of drug-likeness (QED) is 0.672. The first-order valence-electron chi connectivity index (χ1n) is 9.15. The Morgan fingerprint density at radius 1 is 1.18 bits per heavy atom. The smallest absolute Gasteiger partial charge is 0.116 e. The molecule has 4 rings (SSSR count). The molecule has 2 nitrogen and oxygen atoms in total. The maximum atomic E-state index is 14.3. The number of rotatable bonds is 0. The molecule has 0 amide bonds. The highest BCUT2D eigenvalue weighted by Crippen LogP contribution is 2.65. The number of allylic oxidation sites excluding steroid dienone is 1. The van der Waals surface area contributed by atoms with Crippen LogP contribution in [0.5, 0.6) is 0 Å². The van der Waals surface area contributed by atoms with Crippen molar-refractivity contribution in [2.24, 2.45) is 34.3 Å². The summed E-state index contributed by atoms with van der Waals surface area (Å²) in [5.74, 6) is 1.75. The summed E-state index contributed by atoms with van der Waals surface area (Å²) >= 11 is 0. The maximum absolute atomic E-state index is 14.3. The summed E-state index contributed by atoms with van der Waals surface area (Å²) in [6.07, 6.45) is 8.24. The zero-order valence-corrected chi connectivity index (χ0v) is 13.9. The molecule has 0 bridgehead atoms. The first kappa shape index (κ1) is 15.1. The minimum atomic E-state index is -0.813. The van der Waals surface area contributed by atoms with Gasteiger partial charge in [0.05, 0.1) is 6.10 Å². The van der Waals surface area contributed by atoms with Crippen LogP contribution in [-0.2, 0) is 0 Å². The van der Waals surface area contributed by atoms with E-state index in [-0.39, 0.29) is 23.0 Å². The fourth-order valence-electron chi connectivity index (χ4n) is 6.72. The Hall–Kier alpha value is -0.410. The SMILES string of the molecule is C[C@]12CC[C@H]3[C@@H](CCC4=C[C@@H](O)CC[C@@]43C)[C@@H]1C[C@H](F)[C@@H]2N. The topological polar surface area (TPSA) is 46.2 Å². The summed E-state index contributed by atoms with van der Waals surface area (Å²) in [7, 11) is 0. The number of alkyl halides is 1. The van der Waals surface area contributed by atoms with Gasteiger partial charge in [-0.1, -0.05) is 25.5 Å². The van der Waals surface area contributed by atoms with E-state index in [4.69, 9.17) is 5.73 Å². The summed E-state index contributed by atoms with van der Waals surface area (Å²) in [6.45, 7) is 4.66. The lowest BCUT2D eigenvalue weighted by atomic mass is 9.47. The molecule has 3 saturated carbocycles. The van der Waals surface area contributed by atoms with Gasteiger partial charge in [0.1, 0.15) is 6.17 Å². The first-order valence-corrected chi connectivity index (χ1v) is 9.15. The molecule has 0 aromatic heterocycles. The van der Waals surface area contributed by atoms with E-state index < -0.39 is 6.17 Å². The molecule has 0 heterocycles. The summed E-state index contributed by atoms with van der Waals surface area (Å²) in [5.41, 5.74) is 7.98. The van der Waals surface area contributed by atoms with Crippen LogP contribution in [0.3, 0.4) is 0 Å². The normalized spacial score (nSPS) is 57.6. The van der Waals surface area contributed by atoms with Crippen LogP contribution in [0.25, 0.3) is 0 Å². The second-order valence-electron chi connectivity index (χ2n) is 8.95. The van der Waals surface area contributed by atoms with Crippen molar-refractivity contribution in [1.29, 1.82) is 0 Å². The third-order valence-electron chi connectivity index (χ3n) is 8.16. The molecule has 3 heteroatoms. The van der Waals surface area contributed by atoms with E-state index in [1.807, 2.05) is 0 Å². The van der Waals surface area contributed by atoms with Crippen molar-refractivity contribution >= 4 is 0 Å². The summed E-state index contributed by atoms with van der Waals surface area (Å²) in [4.78, 5) is 0. The van der Waals surface area contributed by atoms with E-state index in [2.05, 4.69) is 19.9 Å². The Kier molecular flexibility index (Phi) is 3.30. The van der Waals surface area contributed by atoms with Crippen molar-refractivity contribution in [3.8, 4) is 0 Å². The van der Waals surface area contributed by atoms with Gasteiger partial charge < -0.3 is 10.8 Å². The fraction of sp³-hybridized carbons (Fsp3) is 0.895. The molecular formula is C19H30FNO. The molecule has 3 fully saturated rings. The molecule has 124 valence electrons. The van der Waals surface area contributed by atoms with E-state index in [1.165, 1.54) is 18.4 Å². The average molecular weight is 307 g/mol.